The smallest absolute Gasteiger partial charge is 0.263 e. The summed E-state index contributed by atoms with van der Waals surface area (Å²) >= 11 is 0. The van der Waals surface area contributed by atoms with Crippen LogP contribution in [0, 0.1) is 5.92 Å². The van der Waals surface area contributed by atoms with Gasteiger partial charge in [-0.3, -0.25) is 0 Å². The zero-order valence-corrected chi connectivity index (χ0v) is 10.5. The molecule has 2 N–H and O–H groups in total. The molecule has 2 unspecified atom stereocenters. The van der Waals surface area contributed by atoms with Crippen molar-refractivity contribution < 1.29 is 17.2 Å². The summed E-state index contributed by atoms with van der Waals surface area (Å²) < 4.78 is 47.9. The summed E-state index contributed by atoms with van der Waals surface area (Å²) in [6.45, 7) is 0. The molecule has 1 saturated heterocycles. The Hall–Kier alpha value is -1.01. The molecule has 0 aliphatic carbocycles. The summed E-state index contributed by atoms with van der Waals surface area (Å²) in [4.78, 5) is 0. The molecule has 0 aromatic heterocycles. The molecule has 18 heavy (non-hydrogen) atoms. The van der Waals surface area contributed by atoms with Gasteiger partial charge in [-0.15, -0.1) is 0 Å². The molecule has 3 nitrogen and oxygen atoms in total. The van der Waals surface area contributed by atoms with Crippen molar-refractivity contribution in [1.82, 2.24) is 0 Å². The number of alkyl halides is 2. The molecule has 6 heteroatoms. The summed E-state index contributed by atoms with van der Waals surface area (Å²) in [5.74, 6) is 0.00963. The van der Waals surface area contributed by atoms with Gasteiger partial charge in [0.25, 0.3) is 6.43 Å². The Labute approximate surface area is 105 Å². The topological polar surface area (TPSA) is 60.2 Å². The Morgan fingerprint density at radius 3 is 2.50 bits per heavy atom. The first-order chi connectivity index (χ1) is 8.39. The predicted molar refractivity (Wildman–Crippen MR) is 65.1 cm³/mol. The normalized spacial score (nSPS) is 24.3. The predicted octanol–water partition coefficient (Wildman–Crippen LogP) is 2.06. The van der Waals surface area contributed by atoms with Crippen LogP contribution in [-0.4, -0.2) is 19.9 Å². The van der Waals surface area contributed by atoms with Gasteiger partial charge in [0.05, 0.1) is 11.5 Å². The van der Waals surface area contributed by atoms with Crippen LogP contribution in [0.3, 0.4) is 0 Å². The van der Waals surface area contributed by atoms with E-state index in [4.69, 9.17) is 5.73 Å². The number of benzene rings is 1. The Morgan fingerprint density at radius 2 is 1.94 bits per heavy atom. The minimum absolute atomic E-state index is 0.0487. The highest BCUT2D eigenvalue weighted by Crippen LogP contribution is 2.31. The van der Waals surface area contributed by atoms with Crippen LogP contribution >= 0.6 is 0 Å². The summed E-state index contributed by atoms with van der Waals surface area (Å²) in [5, 5.41) is 0. The molecule has 2 rings (SSSR count). The molecule has 0 spiro atoms. The van der Waals surface area contributed by atoms with Crippen molar-refractivity contribution in [3.63, 3.8) is 0 Å². The number of nitrogens with two attached hydrogens (primary N) is 1. The van der Waals surface area contributed by atoms with E-state index in [1.165, 1.54) is 18.2 Å². The summed E-state index contributed by atoms with van der Waals surface area (Å²) in [6, 6.07) is 5.40. The number of sulfone groups is 1. The van der Waals surface area contributed by atoms with Crippen LogP contribution < -0.4 is 5.73 Å². The minimum atomic E-state index is -3.00. The number of rotatable bonds is 3. The van der Waals surface area contributed by atoms with Crippen LogP contribution in [0.1, 0.15) is 30.0 Å². The molecule has 0 radical (unpaired) electrons. The van der Waals surface area contributed by atoms with Crippen LogP contribution in [0.4, 0.5) is 8.78 Å². The average molecular weight is 275 g/mol. The van der Waals surface area contributed by atoms with E-state index in [-0.39, 0.29) is 23.0 Å². The van der Waals surface area contributed by atoms with Crippen LogP contribution in [0.15, 0.2) is 24.3 Å². The van der Waals surface area contributed by atoms with Crippen molar-refractivity contribution in [3.05, 3.63) is 35.4 Å². The standard InChI is InChI=1S/C12H15F2NO2S/c13-12(14)9-3-1-2-8(6-9)11(15)10-4-5-18(16,17)7-10/h1-3,6,10-12H,4-5,7,15H2. The van der Waals surface area contributed by atoms with Crippen molar-refractivity contribution in [3.8, 4) is 0 Å². The van der Waals surface area contributed by atoms with Gasteiger partial charge >= 0.3 is 0 Å². The zero-order chi connectivity index (χ0) is 13.3. The molecular formula is C12H15F2NO2S. The highest BCUT2D eigenvalue weighted by Gasteiger charge is 2.32. The fourth-order valence-electron chi connectivity index (χ4n) is 2.28. The molecular weight excluding hydrogens is 260 g/mol. The average Bonchev–Trinajstić information content (AvgIpc) is 2.69. The largest absolute Gasteiger partial charge is 0.324 e. The van der Waals surface area contributed by atoms with E-state index >= 15 is 0 Å². The van der Waals surface area contributed by atoms with E-state index in [0.717, 1.165) is 0 Å². The van der Waals surface area contributed by atoms with E-state index in [1.807, 2.05) is 0 Å². The van der Waals surface area contributed by atoms with Crippen LogP contribution in [0.5, 0.6) is 0 Å². The highest BCUT2D eigenvalue weighted by atomic mass is 32.2. The lowest BCUT2D eigenvalue weighted by atomic mass is 9.92. The van der Waals surface area contributed by atoms with Crippen molar-refractivity contribution >= 4 is 9.84 Å². The zero-order valence-electron chi connectivity index (χ0n) is 9.72. The number of hydrogen-bond acceptors (Lipinski definition) is 3. The van der Waals surface area contributed by atoms with Crippen molar-refractivity contribution in [1.29, 1.82) is 0 Å². The van der Waals surface area contributed by atoms with E-state index < -0.39 is 22.3 Å². The third kappa shape index (κ3) is 2.87. The molecule has 100 valence electrons. The fourth-order valence-corrected chi connectivity index (χ4v) is 4.14. The molecule has 1 aliphatic rings. The van der Waals surface area contributed by atoms with E-state index in [0.29, 0.717) is 12.0 Å². The Morgan fingerprint density at radius 1 is 1.28 bits per heavy atom. The molecule has 1 aromatic carbocycles. The lowest BCUT2D eigenvalue weighted by molar-refractivity contribution is 0.151. The summed E-state index contributed by atoms with van der Waals surface area (Å²) in [6.07, 6.45) is -2.04. The summed E-state index contributed by atoms with van der Waals surface area (Å²) in [5.41, 5.74) is 6.48. The quantitative estimate of drug-likeness (QED) is 0.918. The van der Waals surface area contributed by atoms with Gasteiger partial charge in [-0.2, -0.15) is 0 Å². The van der Waals surface area contributed by atoms with Gasteiger partial charge in [0.2, 0.25) is 0 Å². The Balaban J connectivity index is 2.19. The molecule has 1 fully saturated rings. The first kappa shape index (κ1) is 13.4. The third-order valence-corrected chi connectivity index (χ3v) is 5.12. The Kier molecular flexibility index (Phi) is 3.68. The van der Waals surface area contributed by atoms with E-state index in [1.54, 1.807) is 6.07 Å². The maximum absolute atomic E-state index is 12.6. The molecule has 0 amide bonds. The molecule has 0 bridgehead atoms. The fraction of sp³-hybridized carbons (Fsp3) is 0.500. The van der Waals surface area contributed by atoms with Gasteiger partial charge in [-0.05, 0) is 24.0 Å². The van der Waals surface area contributed by atoms with Gasteiger partial charge in [0.1, 0.15) is 0 Å². The van der Waals surface area contributed by atoms with Gasteiger partial charge in [0.15, 0.2) is 9.84 Å². The monoisotopic (exact) mass is 275 g/mol. The second kappa shape index (κ2) is 4.93. The van der Waals surface area contributed by atoms with E-state index in [2.05, 4.69) is 0 Å². The van der Waals surface area contributed by atoms with Crippen molar-refractivity contribution in [2.24, 2.45) is 11.7 Å². The van der Waals surface area contributed by atoms with Crippen molar-refractivity contribution in [2.45, 2.75) is 18.9 Å². The maximum atomic E-state index is 12.6. The SMILES string of the molecule is NC(c1cccc(C(F)F)c1)C1CCS(=O)(=O)C1. The second-order valence-electron chi connectivity index (χ2n) is 4.66. The lowest BCUT2D eigenvalue weighted by Gasteiger charge is -2.18. The van der Waals surface area contributed by atoms with Gasteiger partial charge < -0.3 is 5.73 Å². The number of hydrogen-bond donors (Lipinski definition) is 1. The second-order valence-corrected chi connectivity index (χ2v) is 6.89. The molecule has 1 aliphatic heterocycles. The van der Waals surface area contributed by atoms with Crippen LogP contribution in [-0.2, 0) is 9.84 Å². The molecule has 2 atom stereocenters. The van der Waals surface area contributed by atoms with Gasteiger partial charge in [-0.1, -0.05) is 18.2 Å². The third-order valence-electron chi connectivity index (χ3n) is 3.32. The molecule has 1 heterocycles. The van der Waals surface area contributed by atoms with E-state index in [9.17, 15) is 17.2 Å². The number of halogens is 2. The Bertz CT molecular complexity index is 531. The lowest BCUT2D eigenvalue weighted by Crippen LogP contribution is -2.22. The van der Waals surface area contributed by atoms with Gasteiger partial charge in [0, 0.05) is 11.6 Å². The van der Waals surface area contributed by atoms with Gasteiger partial charge in [-0.25, -0.2) is 17.2 Å². The summed E-state index contributed by atoms with van der Waals surface area (Å²) in [7, 11) is -3.00. The maximum Gasteiger partial charge on any atom is 0.263 e. The molecule has 0 saturated carbocycles. The first-order valence-electron chi connectivity index (χ1n) is 5.73. The highest BCUT2D eigenvalue weighted by molar-refractivity contribution is 7.91. The van der Waals surface area contributed by atoms with Crippen LogP contribution in [0.2, 0.25) is 0 Å². The van der Waals surface area contributed by atoms with Crippen LogP contribution in [0.25, 0.3) is 0 Å². The minimum Gasteiger partial charge on any atom is -0.324 e. The first-order valence-corrected chi connectivity index (χ1v) is 7.55. The molecule has 1 aromatic rings. The van der Waals surface area contributed by atoms with Crippen molar-refractivity contribution in [2.75, 3.05) is 11.5 Å².